The van der Waals surface area contributed by atoms with Gasteiger partial charge in [-0.25, -0.2) is 10.1 Å². The van der Waals surface area contributed by atoms with E-state index in [-0.39, 0.29) is 6.04 Å². The van der Waals surface area contributed by atoms with E-state index in [4.69, 9.17) is 9.37 Å². The minimum atomic E-state index is 0.235. The van der Waals surface area contributed by atoms with Crippen molar-refractivity contribution in [2.24, 2.45) is 5.92 Å². The lowest BCUT2D eigenvalue weighted by atomic mass is 9.84. The second-order valence-corrected chi connectivity index (χ2v) is 7.35. The normalized spacial score (nSPS) is 25.6. The Kier molecular flexibility index (Phi) is 4.27. The molecule has 2 aliphatic heterocycles. The van der Waals surface area contributed by atoms with Crippen LogP contribution in [0.3, 0.4) is 0 Å². The molecule has 7 nitrogen and oxygen atoms in total. The van der Waals surface area contributed by atoms with Gasteiger partial charge in [0.2, 0.25) is 0 Å². The van der Waals surface area contributed by atoms with E-state index < -0.39 is 0 Å². The zero-order valence-corrected chi connectivity index (χ0v) is 15.3. The van der Waals surface area contributed by atoms with Crippen molar-refractivity contribution in [3.8, 4) is 5.75 Å². The topological polar surface area (TPSA) is 75.5 Å². The number of rotatable bonds is 4. The van der Waals surface area contributed by atoms with E-state index >= 15 is 0 Å². The molecule has 0 radical (unpaired) electrons. The first-order valence-corrected chi connectivity index (χ1v) is 9.40. The quantitative estimate of drug-likeness (QED) is 0.734. The molecule has 5 rings (SSSR count). The minimum Gasteiger partial charge on any atom is -0.496 e. The predicted molar refractivity (Wildman–Crippen MR) is 101 cm³/mol. The Morgan fingerprint density at radius 3 is 3.00 bits per heavy atom. The van der Waals surface area contributed by atoms with Crippen LogP contribution < -0.4 is 15.6 Å². The average molecular weight is 365 g/mol. The number of piperidine rings is 1. The van der Waals surface area contributed by atoms with Gasteiger partial charge < -0.3 is 4.74 Å². The molecule has 2 N–H and O–H groups in total. The Bertz CT molecular complexity index is 943. The van der Waals surface area contributed by atoms with Gasteiger partial charge in [0.15, 0.2) is 0 Å². The lowest BCUT2D eigenvalue weighted by Gasteiger charge is -2.36. The molecule has 1 aromatic heterocycles. The fourth-order valence-corrected chi connectivity index (χ4v) is 4.48. The van der Waals surface area contributed by atoms with E-state index in [1.807, 2.05) is 24.3 Å². The van der Waals surface area contributed by atoms with E-state index in [0.717, 1.165) is 42.8 Å². The fraction of sp³-hybridized carbons (Fsp3) is 0.400. The number of fused-ring (bicyclic) bond motifs is 2. The van der Waals surface area contributed by atoms with E-state index in [1.165, 1.54) is 11.1 Å². The molecule has 2 saturated heterocycles. The zero-order valence-electron chi connectivity index (χ0n) is 15.3. The van der Waals surface area contributed by atoms with Crippen LogP contribution in [-0.4, -0.2) is 41.5 Å². The van der Waals surface area contributed by atoms with Crippen molar-refractivity contribution in [2.75, 3.05) is 20.2 Å². The van der Waals surface area contributed by atoms with Crippen molar-refractivity contribution in [3.63, 3.8) is 0 Å². The van der Waals surface area contributed by atoms with Crippen LogP contribution in [0, 0.1) is 5.92 Å². The molecule has 0 saturated carbocycles. The summed E-state index contributed by atoms with van der Waals surface area (Å²) in [5, 5.41) is 8.04. The summed E-state index contributed by atoms with van der Waals surface area (Å²) < 4.78 is 10.5. The summed E-state index contributed by atoms with van der Waals surface area (Å²) in [6.45, 7) is 2.92. The Morgan fingerprint density at radius 1 is 1.15 bits per heavy atom. The van der Waals surface area contributed by atoms with Gasteiger partial charge in [0.1, 0.15) is 16.8 Å². The standard InChI is InChI=1S/C20H23N5O2/c1-26-18-8-3-2-6-14(18)20-15-12-25(10-9-16(15)21-22-20)11-13-5-4-7-17-19(13)24-27-23-17/h2-8,15-16,20-22H,9-12H2,1H3. The van der Waals surface area contributed by atoms with Crippen LogP contribution in [-0.2, 0) is 6.54 Å². The maximum absolute atomic E-state index is 5.59. The highest BCUT2D eigenvalue weighted by molar-refractivity contribution is 5.76. The molecule has 2 aromatic carbocycles. The third-order valence-corrected chi connectivity index (χ3v) is 5.83. The molecular formula is C20H23N5O2. The minimum absolute atomic E-state index is 0.235. The number of nitrogens with zero attached hydrogens (tertiary/aromatic N) is 3. The SMILES string of the molecule is COc1ccccc1C1NNC2CCN(Cc3cccc4nonc34)CC21. The summed E-state index contributed by atoms with van der Waals surface area (Å²) in [6.07, 6.45) is 1.11. The molecular weight excluding hydrogens is 342 g/mol. The molecule has 3 unspecified atom stereocenters. The number of hydrazine groups is 1. The summed E-state index contributed by atoms with van der Waals surface area (Å²) in [5.74, 6) is 1.41. The highest BCUT2D eigenvalue weighted by atomic mass is 16.6. The molecule has 3 heterocycles. The van der Waals surface area contributed by atoms with E-state index in [0.29, 0.717) is 12.0 Å². The second kappa shape index (κ2) is 6.92. The second-order valence-electron chi connectivity index (χ2n) is 7.35. The lowest BCUT2D eigenvalue weighted by molar-refractivity contribution is 0.148. The molecule has 2 fully saturated rings. The van der Waals surface area contributed by atoms with Crippen molar-refractivity contribution in [1.82, 2.24) is 26.1 Å². The van der Waals surface area contributed by atoms with Gasteiger partial charge in [0, 0.05) is 37.2 Å². The molecule has 140 valence electrons. The van der Waals surface area contributed by atoms with Crippen LogP contribution >= 0.6 is 0 Å². The number of hydrogen-bond acceptors (Lipinski definition) is 7. The molecule has 0 amide bonds. The summed E-state index contributed by atoms with van der Waals surface area (Å²) >= 11 is 0. The van der Waals surface area contributed by atoms with Gasteiger partial charge in [0.25, 0.3) is 0 Å². The highest BCUT2D eigenvalue weighted by Crippen LogP contribution is 2.37. The lowest BCUT2D eigenvalue weighted by Crippen LogP contribution is -2.45. The van der Waals surface area contributed by atoms with Crippen LogP contribution in [0.4, 0.5) is 0 Å². The van der Waals surface area contributed by atoms with Crippen LogP contribution in [0.5, 0.6) is 5.75 Å². The van der Waals surface area contributed by atoms with Crippen molar-refractivity contribution >= 4 is 11.0 Å². The number of para-hydroxylation sites is 1. The van der Waals surface area contributed by atoms with Gasteiger partial charge in [0.05, 0.1) is 13.2 Å². The number of benzene rings is 2. The van der Waals surface area contributed by atoms with Crippen molar-refractivity contribution in [3.05, 3.63) is 53.6 Å². The number of hydrogen-bond donors (Lipinski definition) is 2. The van der Waals surface area contributed by atoms with E-state index in [2.05, 4.69) is 44.3 Å². The third-order valence-electron chi connectivity index (χ3n) is 5.83. The molecule has 3 aromatic rings. The van der Waals surface area contributed by atoms with Crippen LogP contribution in [0.25, 0.3) is 11.0 Å². The fourth-order valence-electron chi connectivity index (χ4n) is 4.48. The highest BCUT2D eigenvalue weighted by Gasteiger charge is 2.41. The summed E-state index contributed by atoms with van der Waals surface area (Å²) in [6, 6.07) is 15.0. The smallest absolute Gasteiger partial charge is 0.139 e. The first-order chi connectivity index (χ1) is 13.3. The molecule has 3 atom stereocenters. The Labute approximate surface area is 157 Å². The van der Waals surface area contributed by atoms with Crippen molar-refractivity contribution < 1.29 is 9.37 Å². The Morgan fingerprint density at radius 2 is 2.07 bits per heavy atom. The Balaban J connectivity index is 1.37. The largest absolute Gasteiger partial charge is 0.496 e. The first-order valence-electron chi connectivity index (χ1n) is 9.40. The number of ether oxygens (including phenoxy) is 1. The molecule has 27 heavy (non-hydrogen) atoms. The monoisotopic (exact) mass is 365 g/mol. The third kappa shape index (κ3) is 2.97. The molecule has 0 aliphatic carbocycles. The first kappa shape index (κ1) is 16.7. The number of likely N-dealkylation sites (tertiary alicyclic amines) is 1. The summed E-state index contributed by atoms with van der Waals surface area (Å²) in [4.78, 5) is 2.50. The molecule has 0 bridgehead atoms. The number of aromatic nitrogens is 2. The molecule has 7 heteroatoms. The van der Waals surface area contributed by atoms with Crippen LogP contribution in [0.1, 0.15) is 23.6 Å². The zero-order chi connectivity index (χ0) is 18.2. The number of methoxy groups -OCH3 is 1. The van der Waals surface area contributed by atoms with Crippen molar-refractivity contribution in [1.29, 1.82) is 0 Å². The van der Waals surface area contributed by atoms with Gasteiger partial charge in [-0.2, -0.15) is 0 Å². The maximum Gasteiger partial charge on any atom is 0.139 e. The van der Waals surface area contributed by atoms with E-state index in [1.54, 1.807) is 7.11 Å². The van der Waals surface area contributed by atoms with Gasteiger partial charge in [-0.15, -0.1) is 0 Å². The summed E-state index contributed by atoms with van der Waals surface area (Å²) in [5.41, 5.74) is 11.1. The molecule has 2 aliphatic rings. The number of nitrogens with one attached hydrogen (secondary N) is 2. The van der Waals surface area contributed by atoms with Gasteiger partial charge in [-0.1, -0.05) is 30.3 Å². The van der Waals surface area contributed by atoms with Gasteiger partial charge in [-0.05, 0) is 34.4 Å². The van der Waals surface area contributed by atoms with E-state index in [9.17, 15) is 0 Å². The van der Waals surface area contributed by atoms with Crippen LogP contribution in [0.15, 0.2) is 47.1 Å². The predicted octanol–water partition coefficient (Wildman–Crippen LogP) is 2.27. The van der Waals surface area contributed by atoms with Gasteiger partial charge >= 0.3 is 0 Å². The summed E-state index contributed by atoms with van der Waals surface area (Å²) in [7, 11) is 1.73. The van der Waals surface area contributed by atoms with Crippen molar-refractivity contribution in [2.45, 2.75) is 25.0 Å². The molecule has 0 spiro atoms. The van der Waals surface area contributed by atoms with Crippen LogP contribution in [0.2, 0.25) is 0 Å². The Hall–Kier alpha value is -2.48. The maximum atomic E-state index is 5.59. The average Bonchev–Trinajstić information content (AvgIpc) is 3.35. The van der Waals surface area contributed by atoms with Gasteiger partial charge in [-0.3, -0.25) is 10.3 Å².